The number of nitrogens with zero attached hydrogens (tertiary/aromatic N) is 3. The quantitative estimate of drug-likeness (QED) is 0.445. The summed E-state index contributed by atoms with van der Waals surface area (Å²) in [6.45, 7) is 0.0353. The van der Waals surface area contributed by atoms with Crippen LogP contribution in [0.1, 0.15) is 23.1 Å². The Morgan fingerprint density at radius 3 is 2.49 bits per heavy atom. The second-order valence-electron chi connectivity index (χ2n) is 8.22. The van der Waals surface area contributed by atoms with Crippen molar-refractivity contribution in [3.05, 3.63) is 65.7 Å². The molecule has 1 aliphatic heterocycles. The van der Waals surface area contributed by atoms with Gasteiger partial charge in [0.15, 0.2) is 17.3 Å². The molecule has 0 aliphatic carbocycles. The smallest absolute Gasteiger partial charge is 0.434 e. The van der Waals surface area contributed by atoms with Gasteiger partial charge in [0.25, 0.3) is 0 Å². The molecule has 2 N–H and O–H groups in total. The van der Waals surface area contributed by atoms with Gasteiger partial charge in [-0.05, 0) is 24.6 Å². The zero-order chi connectivity index (χ0) is 27.0. The average molecular weight is 548 g/mol. The highest BCUT2D eigenvalue weighted by Gasteiger charge is 2.38. The van der Waals surface area contributed by atoms with Crippen molar-refractivity contribution in [2.45, 2.75) is 24.9 Å². The van der Waals surface area contributed by atoms with Crippen LogP contribution < -0.4 is 9.46 Å². The fraction of sp³-hybridized carbons (Fsp3) is 0.318. The van der Waals surface area contributed by atoms with Gasteiger partial charge in [-0.1, -0.05) is 18.2 Å². The molecular weight excluding hydrogens is 530 g/mol. The Balaban J connectivity index is 1.69. The number of anilines is 1. The number of sulfonamides is 1. The first kappa shape index (κ1) is 26.6. The first-order chi connectivity index (χ1) is 17.2. The number of aliphatic hydroxyl groups excluding tert-OH is 1. The van der Waals surface area contributed by atoms with E-state index in [4.69, 9.17) is 4.74 Å². The van der Waals surface area contributed by atoms with E-state index in [0.29, 0.717) is 17.7 Å². The van der Waals surface area contributed by atoms with E-state index in [9.17, 15) is 39.9 Å². The summed E-state index contributed by atoms with van der Waals surface area (Å²) in [5.41, 5.74) is -1.26. The molecule has 15 heteroatoms. The van der Waals surface area contributed by atoms with E-state index in [0.717, 1.165) is 0 Å². The van der Waals surface area contributed by atoms with Crippen molar-refractivity contribution in [3.8, 4) is 17.0 Å². The maximum absolute atomic E-state index is 13.3. The van der Waals surface area contributed by atoms with Gasteiger partial charge < -0.3 is 9.84 Å². The van der Waals surface area contributed by atoms with E-state index in [1.54, 1.807) is 29.1 Å². The van der Waals surface area contributed by atoms with Gasteiger partial charge >= 0.3 is 12.4 Å². The molecule has 0 radical (unpaired) electrons. The van der Waals surface area contributed by atoms with E-state index in [1.165, 1.54) is 18.2 Å². The standard InChI is InChI=1S/C22H18F6N4O4S/c23-21(24,25)11-37(34,35)32-20-18(31-17(9-30-20)22(26,27)28)12-4-5-15-16(8-12)36-10-13(19(15)33)7-14-3-1-2-6-29-14/h1-6,8-9,13,19,33H,7,10-11H2,(H,30,32). The number of ether oxygens (including phenoxy) is 1. The molecule has 0 saturated heterocycles. The van der Waals surface area contributed by atoms with E-state index in [2.05, 4.69) is 15.0 Å². The molecule has 2 atom stereocenters. The number of aliphatic hydroxyl groups is 1. The molecule has 1 aliphatic rings. The molecule has 3 heterocycles. The Morgan fingerprint density at radius 1 is 1.08 bits per heavy atom. The minimum absolute atomic E-state index is 0.0353. The van der Waals surface area contributed by atoms with Crippen molar-refractivity contribution in [3.63, 3.8) is 0 Å². The van der Waals surface area contributed by atoms with E-state index in [1.807, 2.05) is 0 Å². The van der Waals surface area contributed by atoms with Crippen LogP contribution in [0.5, 0.6) is 5.75 Å². The largest absolute Gasteiger partial charge is 0.493 e. The lowest BCUT2D eigenvalue weighted by atomic mass is 9.89. The predicted molar refractivity (Wildman–Crippen MR) is 118 cm³/mol. The van der Waals surface area contributed by atoms with Gasteiger partial charge in [0, 0.05) is 28.9 Å². The van der Waals surface area contributed by atoms with Gasteiger partial charge in [-0.15, -0.1) is 0 Å². The van der Waals surface area contributed by atoms with Gasteiger partial charge in [0.1, 0.15) is 11.4 Å². The zero-order valence-electron chi connectivity index (χ0n) is 18.6. The maximum Gasteiger partial charge on any atom is 0.434 e. The summed E-state index contributed by atoms with van der Waals surface area (Å²) in [7, 11) is -5.07. The number of benzene rings is 1. The molecule has 1 aromatic carbocycles. The third-order valence-corrected chi connectivity index (χ3v) is 6.58. The average Bonchev–Trinajstić information content (AvgIpc) is 2.79. The number of pyridine rings is 1. The summed E-state index contributed by atoms with van der Waals surface area (Å²) < 4.78 is 109. The highest BCUT2D eigenvalue weighted by Crippen LogP contribution is 2.40. The van der Waals surface area contributed by atoms with Crippen molar-refractivity contribution in [2.24, 2.45) is 5.92 Å². The molecular formula is C22H18F6N4O4S. The Morgan fingerprint density at radius 2 is 1.84 bits per heavy atom. The molecule has 0 spiro atoms. The van der Waals surface area contributed by atoms with Crippen molar-refractivity contribution in [1.29, 1.82) is 0 Å². The third kappa shape index (κ3) is 6.46. The Bertz CT molecular complexity index is 1380. The first-order valence-corrected chi connectivity index (χ1v) is 12.2. The molecule has 0 amide bonds. The number of fused-ring (bicyclic) bond motifs is 1. The molecule has 8 nitrogen and oxygen atoms in total. The second kappa shape index (κ2) is 9.78. The van der Waals surface area contributed by atoms with E-state index in [-0.39, 0.29) is 30.0 Å². The van der Waals surface area contributed by atoms with Crippen molar-refractivity contribution >= 4 is 15.8 Å². The molecule has 2 unspecified atom stereocenters. The number of halogens is 6. The molecule has 0 fully saturated rings. The summed E-state index contributed by atoms with van der Waals surface area (Å²) in [5, 5.41) is 10.8. The topological polar surface area (TPSA) is 114 Å². The van der Waals surface area contributed by atoms with Gasteiger partial charge in [-0.3, -0.25) is 9.71 Å². The monoisotopic (exact) mass is 548 g/mol. The molecule has 0 saturated carbocycles. The normalized spacial score (nSPS) is 18.1. The number of aromatic nitrogens is 3. The molecule has 0 bridgehead atoms. The highest BCUT2D eigenvalue weighted by molar-refractivity contribution is 7.92. The summed E-state index contributed by atoms with van der Waals surface area (Å²) in [6.07, 6.45) is -8.90. The van der Waals surface area contributed by atoms with Crippen LogP contribution in [0.2, 0.25) is 0 Å². The summed E-state index contributed by atoms with van der Waals surface area (Å²) in [6, 6.07) is 9.11. The number of nitrogens with one attached hydrogen (secondary N) is 1. The zero-order valence-corrected chi connectivity index (χ0v) is 19.4. The third-order valence-electron chi connectivity index (χ3n) is 5.37. The Labute approximate surface area is 206 Å². The number of rotatable bonds is 6. The molecule has 37 heavy (non-hydrogen) atoms. The second-order valence-corrected chi connectivity index (χ2v) is 9.94. The number of hydrogen-bond donors (Lipinski definition) is 2. The number of hydrogen-bond acceptors (Lipinski definition) is 7. The summed E-state index contributed by atoms with van der Waals surface area (Å²) in [4.78, 5) is 11.0. The van der Waals surface area contributed by atoms with Crippen LogP contribution in [0.15, 0.2) is 48.8 Å². The highest BCUT2D eigenvalue weighted by atomic mass is 32.2. The molecule has 3 aromatic rings. The number of alkyl halides is 6. The first-order valence-electron chi connectivity index (χ1n) is 10.6. The van der Waals surface area contributed by atoms with Crippen LogP contribution in [-0.2, 0) is 22.6 Å². The lowest BCUT2D eigenvalue weighted by molar-refractivity contribution is -0.141. The minimum atomic E-state index is -5.10. The lowest BCUT2D eigenvalue weighted by Gasteiger charge is -2.30. The summed E-state index contributed by atoms with van der Waals surface area (Å²) >= 11 is 0. The van der Waals surface area contributed by atoms with Crippen LogP contribution >= 0.6 is 0 Å². The predicted octanol–water partition coefficient (Wildman–Crippen LogP) is 4.15. The SMILES string of the molecule is O=S(=O)(CC(F)(F)F)Nc1ncc(C(F)(F)F)nc1-c1ccc2c(c1)OCC(Cc1ccccn1)C2O. The molecule has 4 rings (SSSR count). The summed E-state index contributed by atoms with van der Waals surface area (Å²) in [5.74, 6) is -3.40. The van der Waals surface area contributed by atoms with Crippen LogP contribution in [0.3, 0.4) is 0 Å². The van der Waals surface area contributed by atoms with Gasteiger partial charge in [0.05, 0.1) is 18.9 Å². The van der Waals surface area contributed by atoms with Gasteiger partial charge in [-0.2, -0.15) is 26.3 Å². The van der Waals surface area contributed by atoms with E-state index >= 15 is 0 Å². The van der Waals surface area contributed by atoms with Crippen molar-refractivity contribution < 1.29 is 44.6 Å². The molecule has 198 valence electrons. The maximum atomic E-state index is 13.3. The van der Waals surface area contributed by atoms with Crippen molar-refractivity contribution in [2.75, 3.05) is 17.1 Å². The van der Waals surface area contributed by atoms with Crippen molar-refractivity contribution in [1.82, 2.24) is 15.0 Å². The minimum Gasteiger partial charge on any atom is -0.493 e. The van der Waals surface area contributed by atoms with Crippen LogP contribution in [0.4, 0.5) is 32.2 Å². The fourth-order valence-corrected chi connectivity index (χ4v) is 4.70. The van der Waals surface area contributed by atoms with Crippen LogP contribution in [-0.4, -0.2) is 47.0 Å². The lowest BCUT2D eigenvalue weighted by Crippen LogP contribution is -2.29. The Hall–Kier alpha value is -3.46. The fourth-order valence-electron chi connectivity index (χ4n) is 3.75. The van der Waals surface area contributed by atoms with Crippen LogP contribution in [0, 0.1) is 5.92 Å². The molecule has 2 aromatic heterocycles. The van der Waals surface area contributed by atoms with E-state index < -0.39 is 51.4 Å². The Kier molecular flexibility index (Phi) is 7.03. The van der Waals surface area contributed by atoms with Crippen LogP contribution in [0.25, 0.3) is 11.3 Å². The van der Waals surface area contributed by atoms with Gasteiger partial charge in [-0.25, -0.2) is 18.4 Å². The van der Waals surface area contributed by atoms with Gasteiger partial charge in [0.2, 0.25) is 10.0 Å².